The SMILES string of the molecule is CCOc1ccc(C(=O)N(CCN(C)C)Cc2ccc(F)cc2)cc1[N+](=O)[O-]. The van der Waals surface area contributed by atoms with E-state index in [0.29, 0.717) is 13.1 Å². The molecule has 2 rings (SSSR count). The Balaban J connectivity index is 2.30. The Kier molecular flexibility index (Phi) is 7.45. The summed E-state index contributed by atoms with van der Waals surface area (Å²) in [5.41, 5.74) is 0.729. The Hall–Kier alpha value is -3.00. The van der Waals surface area contributed by atoms with E-state index < -0.39 is 4.92 Å². The van der Waals surface area contributed by atoms with Gasteiger partial charge >= 0.3 is 5.69 Å². The van der Waals surface area contributed by atoms with Crippen molar-refractivity contribution in [1.82, 2.24) is 9.80 Å². The van der Waals surface area contributed by atoms with E-state index in [1.54, 1.807) is 24.0 Å². The molecule has 0 heterocycles. The largest absolute Gasteiger partial charge is 0.487 e. The molecule has 28 heavy (non-hydrogen) atoms. The predicted molar refractivity (Wildman–Crippen MR) is 104 cm³/mol. The molecule has 8 heteroatoms. The van der Waals surface area contributed by atoms with Gasteiger partial charge in [0.15, 0.2) is 5.75 Å². The van der Waals surface area contributed by atoms with E-state index in [9.17, 15) is 19.3 Å². The summed E-state index contributed by atoms with van der Waals surface area (Å²) in [5, 5.41) is 11.3. The first-order valence-corrected chi connectivity index (χ1v) is 8.91. The fourth-order valence-corrected chi connectivity index (χ4v) is 2.64. The van der Waals surface area contributed by atoms with Gasteiger partial charge in [-0.25, -0.2) is 4.39 Å². The van der Waals surface area contributed by atoms with Gasteiger partial charge in [0.05, 0.1) is 11.5 Å². The number of ether oxygens (including phenoxy) is 1. The number of nitro groups is 1. The minimum absolute atomic E-state index is 0.127. The van der Waals surface area contributed by atoms with Crippen LogP contribution in [0.5, 0.6) is 5.75 Å². The number of hydrogen-bond acceptors (Lipinski definition) is 5. The van der Waals surface area contributed by atoms with Crippen LogP contribution >= 0.6 is 0 Å². The molecule has 0 spiro atoms. The number of amides is 1. The molecule has 0 bridgehead atoms. The molecule has 0 aliphatic rings. The van der Waals surface area contributed by atoms with Crippen LogP contribution in [-0.2, 0) is 6.54 Å². The third-order valence-corrected chi connectivity index (χ3v) is 4.09. The zero-order valence-electron chi connectivity index (χ0n) is 16.2. The van der Waals surface area contributed by atoms with Gasteiger partial charge in [-0.1, -0.05) is 12.1 Å². The molecule has 7 nitrogen and oxygen atoms in total. The van der Waals surface area contributed by atoms with Gasteiger partial charge in [-0.2, -0.15) is 0 Å². The van der Waals surface area contributed by atoms with E-state index >= 15 is 0 Å². The summed E-state index contributed by atoms with van der Waals surface area (Å²) in [5.74, 6) is -0.559. The van der Waals surface area contributed by atoms with Crippen LogP contribution < -0.4 is 4.74 Å². The van der Waals surface area contributed by atoms with Crippen molar-refractivity contribution in [3.63, 3.8) is 0 Å². The molecule has 0 radical (unpaired) electrons. The number of hydrogen-bond donors (Lipinski definition) is 0. The Bertz CT molecular complexity index is 825. The number of likely N-dealkylation sites (N-methyl/N-ethyl adjacent to an activating group) is 1. The smallest absolute Gasteiger partial charge is 0.311 e. The first-order valence-electron chi connectivity index (χ1n) is 8.91. The second-order valence-electron chi connectivity index (χ2n) is 6.53. The Labute approximate surface area is 163 Å². The summed E-state index contributed by atoms with van der Waals surface area (Å²) in [6.07, 6.45) is 0. The van der Waals surface area contributed by atoms with Crippen LogP contribution in [0.4, 0.5) is 10.1 Å². The van der Waals surface area contributed by atoms with Crippen LogP contribution in [0.25, 0.3) is 0 Å². The third kappa shape index (κ3) is 5.75. The maximum absolute atomic E-state index is 13.2. The summed E-state index contributed by atoms with van der Waals surface area (Å²) in [4.78, 5) is 27.3. The minimum atomic E-state index is -0.564. The lowest BCUT2D eigenvalue weighted by atomic mass is 10.1. The van der Waals surface area contributed by atoms with Gasteiger partial charge in [0.25, 0.3) is 5.91 Å². The molecule has 0 saturated carbocycles. The van der Waals surface area contributed by atoms with Gasteiger partial charge in [0.2, 0.25) is 0 Å². The average molecular weight is 389 g/mol. The van der Waals surface area contributed by atoms with Crippen LogP contribution in [-0.4, -0.2) is 54.4 Å². The highest BCUT2D eigenvalue weighted by molar-refractivity contribution is 5.95. The third-order valence-electron chi connectivity index (χ3n) is 4.09. The fraction of sp³-hybridized carbons (Fsp3) is 0.350. The molecule has 150 valence electrons. The van der Waals surface area contributed by atoms with E-state index in [1.807, 2.05) is 19.0 Å². The molecule has 0 atom stereocenters. The van der Waals surface area contributed by atoms with Crippen molar-refractivity contribution in [2.45, 2.75) is 13.5 Å². The van der Waals surface area contributed by atoms with Crippen molar-refractivity contribution in [3.8, 4) is 5.75 Å². The average Bonchev–Trinajstić information content (AvgIpc) is 2.66. The van der Waals surface area contributed by atoms with Crippen molar-refractivity contribution in [1.29, 1.82) is 0 Å². The van der Waals surface area contributed by atoms with Crippen LogP contribution in [0.3, 0.4) is 0 Å². The highest BCUT2D eigenvalue weighted by Crippen LogP contribution is 2.28. The second-order valence-corrected chi connectivity index (χ2v) is 6.53. The molecule has 0 aliphatic heterocycles. The van der Waals surface area contributed by atoms with Crippen LogP contribution in [0, 0.1) is 15.9 Å². The van der Waals surface area contributed by atoms with Gasteiger partial charge in [-0.15, -0.1) is 0 Å². The normalized spacial score (nSPS) is 10.8. The zero-order chi connectivity index (χ0) is 20.7. The maximum Gasteiger partial charge on any atom is 0.311 e. The molecular formula is C20H24FN3O4. The van der Waals surface area contributed by atoms with Crippen LogP contribution in [0.1, 0.15) is 22.8 Å². The molecule has 2 aromatic carbocycles. The number of rotatable bonds is 9. The summed E-state index contributed by atoms with van der Waals surface area (Å²) >= 11 is 0. The van der Waals surface area contributed by atoms with Crippen molar-refractivity contribution >= 4 is 11.6 Å². The lowest BCUT2D eigenvalue weighted by Crippen LogP contribution is -2.36. The summed E-state index contributed by atoms with van der Waals surface area (Å²) in [7, 11) is 3.78. The second kappa shape index (κ2) is 9.80. The first-order chi connectivity index (χ1) is 13.3. The Morgan fingerprint density at radius 2 is 1.82 bits per heavy atom. The maximum atomic E-state index is 13.2. The topological polar surface area (TPSA) is 75.9 Å². The van der Waals surface area contributed by atoms with E-state index in [0.717, 1.165) is 5.56 Å². The quantitative estimate of drug-likeness (QED) is 0.486. The number of halogens is 1. The van der Waals surface area contributed by atoms with Crippen LogP contribution in [0.2, 0.25) is 0 Å². The molecule has 0 aliphatic carbocycles. The Morgan fingerprint density at radius 1 is 1.14 bits per heavy atom. The molecule has 0 aromatic heterocycles. The van der Waals surface area contributed by atoms with Crippen LogP contribution in [0.15, 0.2) is 42.5 Å². The van der Waals surface area contributed by atoms with E-state index in [1.165, 1.54) is 30.3 Å². The monoisotopic (exact) mass is 389 g/mol. The van der Waals surface area contributed by atoms with Gasteiger partial charge < -0.3 is 14.5 Å². The molecule has 0 unspecified atom stereocenters. The van der Waals surface area contributed by atoms with E-state index in [-0.39, 0.29) is 41.9 Å². The fourth-order valence-electron chi connectivity index (χ4n) is 2.64. The zero-order valence-corrected chi connectivity index (χ0v) is 16.2. The van der Waals surface area contributed by atoms with Gasteiger partial charge in [-0.05, 0) is 50.8 Å². The molecule has 2 aromatic rings. The highest BCUT2D eigenvalue weighted by Gasteiger charge is 2.22. The summed E-state index contributed by atoms with van der Waals surface area (Å²) in [6, 6.07) is 10.1. The Morgan fingerprint density at radius 3 is 2.39 bits per heavy atom. The lowest BCUT2D eigenvalue weighted by Gasteiger charge is -2.25. The number of carbonyl (C=O) groups is 1. The van der Waals surface area contributed by atoms with Gasteiger partial charge in [0, 0.05) is 31.3 Å². The predicted octanol–water partition coefficient (Wildman–Crippen LogP) is 3.34. The molecule has 0 saturated heterocycles. The number of nitrogens with zero attached hydrogens (tertiary/aromatic N) is 3. The standard InChI is InChI=1S/C20H24FN3O4/c1-4-28-19-10-7-16(13-18(19)24(26)27)20(25)23(12-11-22(2)3)14-15-5-8-17(21)9-6-15/h5-10,13H,4,11-12,14H2,1-3H3. The van der Waals surface area contributed by atoms with Crippen molar-refractivity contribution in [2.75, 3.05) is 33.8 Å². The highest BCUT2D eigenvalue weighted by atomic mass is 19.1. The number of benzene rings is 2. The molecular weight excluding hydrogens is 365 g/mol. The summed E-state index contributed by atoms with van der Waals surface area (Å²) in [6.45, 7) is 3.33. The first kappa shape index (κ1) is 21.3. The molecule has 0 fully saturated rings. The lowest BCUT2D eigenvalue weighted by molar-refractivity contribution is -0.385. The van der Waals surface area contributed by atoms with E-state index in [2.05, 4.69) is 0 Å². The molecule has 0 N–H and O–H groups in total. The van der Waals surface area contributed by atoms with Gasteiger partial charge in [-0.3, -0.25) is 14.9 Å². The molecule has 1 amide bonds. The van der Waals surface area contributed by atoms with E-state index in [4.69, 9.17) is 4.74 Å². The summed E-state index contributed by atoms with van der Waals surface area (Å²) < 4.78 is 18.4. The van der Waals surface area contributed by atoms with Crippen molar-refractivity contribution in [2.24, 2.45) is 0 Å². The number of nitro benzene ring substituents is 1. The van der Waals surface area contributed by atoms with Crippen molar-refractivity contribution < 1.29 is 18.8 Å². The van der Waals surface area contributed by atoms with Gasteiger partial charge in [0.1, 0.15) is 5.82 Å². The van der Waals surface area contributed by atoms with Crippen molar-refractivity contribution in [3.05, 3.63) is 69.5 Å². The minimum Gasteiger partial charge on any atom is -0.487 e. The number of carbonyl (C=O) groups excluding carboxylic acids is 1.